The van der Waals surface area contributed by atoms with E-state index in [-0.39, 0.29) is 29.1 Å². The maximum atomic E-state index is 12.9. The number of allylic oxidation sites excluding steroid dienone is 4. The lowest BCUT2D eigenvalue weighted by Crippen LogP contribution is -2.41. The molecule has 6 rings (SSSR count). The van der Waals surface area contributed by atoms with Gasteiger partial charge in [0.05, 0.1) is 33.9 Å². The highest BCUT2D eigenvalue weighted by molar-refractivity contribution is 8.00. The molecule has 0 amide bonds. The number of hydrogen-bond acceptors (Lipinski definition) is 7. The predicted molar refractivity (Wildman–Crippen MR) is 197 cm³/mol. The minimum atomic E-state index is -0.736. The van der Waals surface area contributed by atoms with Gasteiger partial charge in [-0.15, -0.1) is 11.8 Å². The van der Waals surface area contributed by atoms with E-state index in [2.05, 4.69) is 103 Å². The van der Waals surface area contributed by atoms with Gasteiger partial charge in [0.1, 0.15) is 6.07 Å². The Morgan fingerprint density at radius 2 is 1.48 bits per heavy atom. The van der Waals surface area contributed by atoms with Gasteiger partial charge in [-0.3, -0.25) is 9.59 Å². The number of aliphatic carboxylic acids is 1. The molecule has 0 saturated carbocycles. The van der Waals surface area contributed by atoms with Crippen LogP contribution in [0.1, 0.15) is 57.8 Å². The van der Waals surface area contributed by atoms with Gasteiger partial charge in [0.25, 0.3) is 0 Å². The van der Waals surface area contributed by atoms with Gasteiger partial charge in [-0.05, 0) is 72.0 Å². The van der Waals surface area contributed by atoms with Crippen molar-refractivity contribution < 1.29 is 14.7 Å². The molecule has 0 saturated heterocycles. The average Bonchev–Trinajstić information content (AvgIpc) is 3.09. The fraction of sp³-hybridized carbons (Fsp3) is 0.325. The van der Waals surface area contributed by atoms with E-state index < -0.39 is 5.97 Å². The molecule has 1 aliphatic carbocycles. The second kappa shape index (κ2) is 15.4. The maximum Gasteiger partial charge on any atom is 0.303 e. The number of carboxylic acid groups (broad SMARTS) is 1. The fourth-order valence-electron chi connectivity index (χ4n) is 6.64. The van der Waals surface area contributed by atoms with E-state index in [9.17, 15) is 14.9 Å². The lowest BCUT2D eigenvalue weighted by atomic mass is 9.96. The number of carboxylic acids is 1. The second-order valence-corrected chi connectivity index (χ2v) is 15.0. The summed E-state index contributed by atoms with van der Waals surface area (Å²) in [7, 11) is 4.27. The van der Waals surface area contributed by atoms with Crippen molar-refractivity contribution in [1.29, 1.82) is 5.26 Å². The second-order valence-electron chi connectivity index (χ2n) is 12.7. The number of unbranched alkanes of at least 4 members (excludes halogenated alkanes) is 6. The summed E-state index contributed by atoms with van der Waals surface area (Å²) in [5.74, 6) is -0.837. The SMILES string of the molecule is CN1c2ccccc2Sc2cc(-c3ccc4c(c3)SC3C=C(/C=C(\C#N)C(=O)CCCCCCCCCC(=O)O)C=CC3N4C)ccc21. The van der Waals surface area contributed by atoms with Crippen molar-refractivity contribution in [3.8, 4) is 17.2 Å². The van der Waals surface area contributed by atoms with Gasteiger partial charge in [-0.2, -0.15) is 5.26 Å². The average molecular weight is 676 g/mol. The van der Waals surface area contributed by atoms with Crippen LogP contribution in [0.2, 0.25) is 0 Å². The van der Waals surface area contributed by atoms with E-state index >= 15 is 0 Å². The first-order valence-corrected chi connectivity index (χ1v) is 18.5. The summed E-state index contributed by atoms with van der Waals surface area (Å²) in [6.07, 6.45) is 15.2. The van der Waals surface area contributed by atoms with Crippen molar-refractivity contribution in [2.24, 2.45) is 0 Å². The zero-order valence-corrected chi connectivity index (χ0v) is 29.2. The van der Waals surface area contributed by atoms with Gasteiger partial charge in [0.15, 0.2) is 5.78 Å². The highest BCUT2D eigenvalue weighted by Crippen LogP contribution is 2.49. The number of likely N-dealkylation sites (N-methyl/N-ethyl adjacent to an activating group) is 1. The van der Waals surface area contributed by atoms with Crippen LogP contribution in [0.25, 0.3) is 11.1 Å². The molecule has 6 nitrogen and oxygen atoms in total. The largest absolute Gasteiger partial charge is 0.481 e. The van der Waals surface area contributed by atoms with Gasteiger partial charge in [-0.1, -0.05) is 86.4 Å². The van der Waals surface area contributed by atoms with E-state index in [0.717, 1.165) is 50.5 Å². The molecule has 3 aromatic carbocycles. The van der Waals surface area contributed by atoms with Crippen molar-refractivity contribution in [1.82, 2.24) is 0 Å². The summed E-state index contributed by atoms with van der Waals surface area (Å²) in [5.41, 5.74) is 7.15. The summed E-state index contributed by atoms with van der Waals surface area (Å²) < 4.78 is 0. The molecule has 3 aromatic rings. The van der Waals surface area contributed by atoms with E-state index in [1.165, 1.54) is 42.9 Å². The van der Waals surface area contributed by atoms with Gasteiger partial charge in [-0.25, -0.2) is 0 Å². The van der Waals surface area contributed by atoms with Crippen LogP contribution in [-0.2, 0) is 9.59 Å². The van der Waals surface area contributed by atoms with Gasteiger partial charge in [0, 0.05) is 41.6 Å². The third kappa shape index (κ3) is 7.59. The van der Waals surface area contributed by atoms with Gasteiger partial charge >= 0.3 is 5.97 Å². The number of fused-ring (bicyclic) bond motifs is 4. The number of Topliss-reactive ketones (excluding diaryl/α,β-unsaturated/α-hetero) is 1. The number of anilines is 3. The number of ketones is 1. The minimum absolute atomic E-state index is 0.100. The van der Waals surface area contributed by atoms with Crippen LogP contribution in [0.4, 0.5) is 17.1 Å². The molecule has 48 heavy (non-hydrogen) atoms. The summed E-state index contributed by atoms with van der Waals surface area (Å²) in [5, 5.41) is 18.7. The normalized spacial score (nSPS) is 17.9. The van der Waals surface area contributed by atoms with Crippen LogP contribution in [0.5, 0.6) is 0 Å². The molecule has 2 aliphatic heterocycles. The summed E-state index contributed by atoms with van der Waals surface area (Å²) in [6, 6.07) is 24.3. The Morgan fingerprint density at radius 1 is 0.833 bits per heavy atom. The van der Waals surface area contributed by atoms with Crippen LogP contribution in [0, 0.1) is 11.3 Å². The number of carbonyl (C=O) groups excluding carboxylic acids is 1. The summed E-state index contributed by atoms with van der Waals surface area (Å²) in [4.78, 5) is 31.8. The molecule has 3 aliphatic rings. The highest BCUT2D eigenvalue weighted by atomic mass is 32.2. The van der Waals surface area contributed by atoms with E-state index in [0.29, 0.717) is 6.42 Å². The standard InChI is InChI=1S/C40H41N3O3S2/c1-42-31-12-10-11-14-36(31)47-38-24-28(17-20-33(38)42)29-18-21-34-39(25-29)48-37-23-27(16-19-32(37)43(34)2)22-30(26-41)35(44)13-8-6-4-3-5-7-9-15-40(45)46/h10-12,14,16-25,32,37H,3-9,13,15H2,1-2H3,(H,45,46)/b30-22+. The molecule has 246 valence electrons. The molecule has 2 atom stereocenters. The van der Waals surface area contributed by atoms with E-state index in [1.54, 1.807) is 6.08 Å². The number of thioether (sulfide) groups is 1. The molecule has 1 N–H and O–H groups in total. The highest BCUT2D eigenvalue weighted by Gasteiger charge is 2.32. The predicted octanol–water partition coefficient (Wildman–Crippen LogP) is 9.98. The molecular formula is C40H41N3O3S2. The zero-order chi connectivity index (χ0) is 33.6. The molecule has 2 heterocycles. The van der Waals surface area contributed by atoms with Crippen LogP contribution in [0.15, 0.2) is 111 Å². The van der Waals surface area contributed by atoms with Gasteiger partial charge < -0.3 is 14.9 Å². The molecule has 0 spiro atoms. The number of rotatable bonds is 13. The lowest BCUT2D eigenvalue weighted by molar-refractivity contribution is -0.137. The number of para-hydroxylation sites is 1. The Hall–Kier alpha value is -4.19. The number of nitrogens with zero attached hydrogens (tertiary/aromatic N) is 3. The maximum absolute atomic E-state index is 12.9. The third-order valence-electron chi connectivity index (χ3n) is 9.36. The van der Waals surface area contributed by atoms with Crippen molar-refractivity contribution in [3.05, 3.63) is 96.1 Å². The van der Waals surface area contributed by atoms with Crippen LogP contribution in [-0.4, -0.2) is 42.2 Å². The Labute approximate surface area is 292 Å². The smallest absolute Gasteiger partial charge is 0.303 e. The summed E-state index contributed by atoms with van der Waals surface area (Å²) >= 11 is 3.66. The molecule has 0 fully saturated rings. The van der Waals surface area contributed by atoms with Crippen molar-refractivity contribution in [3.63, 3.8) is 0 Å². The van der Waals surface area contributed by atoms with E-state index in [4.69, 9.17) is 5.11 Å². The summed E-state index contributed by atoms with van der Waals surface area (Å²) in [6.45, 7) is 0. The van der Waals surface area contributed by atoms with Crippen LogP contribution >= 0.6 is 23.5 Å². The Morgan fingerprint density at radius 3 is 2.21 bits per heavy atom. The minimum Gasteiger partial charge on any atom is -0.481 e. The topological polar surface area (TPSA) is 84.6 Å². The quantitative estimate of drug-likeness (QED) is 0.109. The van der Waals surface area contributed by atoms with Crippen molar-refractivity contribution >= 4 is 52.3 Å². The Kier molecular flexibility index (Phi) is 10.8. The Balaban J connectivity index is 1.09. The zero-order valence-electron chi connectivity index (χ0n) is 27.5. The first kappa shape index (κ1) is 33.7. The van der Waals surface area contributed by atoms with Gasteiger partial charge in [0.2, 0.25) is 0 Å². The number of benzene rings is 3. The van der Waals surface area contributed by atoms with Crippen LogP contribution in [0.3, 0.4) is 0 Å². The Bertz CT molecular complexity index is 1840. The first-order chi connectivity index (χ1) is 23.3. The number of carbonyl (C=O) groups is 2. The lowest BCUT2D eigenvalue weighted by Gasteiger charge is -2.40. The van der Waals surface area contributed by atoms with Crippen molar-refractivity contribution in [2.45, 2.75) is 83.8 Å². The molecule has 0 bridgehead atoms. The molecule has 2 unspecified atom stereocenters. The molecular weight excluding hydrogens is 635 g/mol. The molecule has 0 aromatic heterocycles. The number of nitriles is 1. The number of hydrogen-bond donors (Lipinski definition) is 1. The first-order valence-electron chi connectivity index (χ1n) is 16.8. The fourth-order valence-corrected chi connectivity index (χ4v) is 9.29. The third-order valence-corrected chi connectivity index (χ3v) is 11.7. The van der Waals surface area contributed by atoms with E-state index in [1.807, 2.05) is 29.6 Å². The molecule has 0 radical (unpaired) electrons. The monoisotopic (exact) mass is 675 g/mol. The van der Waals surface area contributed by atoms with Crippen molar-refractivity contribution in [2.75, 3.05) is 23.9 Å². The molecule has 8 heteroatoms. The van der Waals surface area contributed by atoms with Crippen LogP contribution < -0.4 is 9.80 Å².